The number of imide groups is 1. The Bertz CT molecular complexity index is 2980. The van der Waals surface area contributed by atoms with E-state index in [4.69, 9.17) is 61.3 Å². The number of aryl methyl sites for hydroxylation is 1. The molecule has 2 bridgehead atoms. The monoisotopic (exact) mass is 1040 g/mol. The molecule has 3 aliphatic carbocycles. The van der Waals surface area contributed by atoms with E-state index < -0.39 is 17.2 Å². The standard InChI is InChI=1S/C56H62ClN7O11/c1-35-5-4-6-42-46(74-20-19-73-18-17-72-16-15-71-14-13-61(59)29-39(58)30-64-49(65)11-12-50(64)66)24-45-52(51(35)42)38(25-57)28-63(45)54(68)56-31-55(32-56,33-56)34-75-48-23-44-43(22-47(48)70-3)53(67)62-27-37(21-40(62)26-60-44)36-7-9-41(69-2)10-8-36/h4-12,22-24,26-27,29,38,40H,13-21,25,28,30-34,58-59H2,1-3H3/b39-29-/t38-,40+,55?,56?/m1/s1. The number of carbonyl (C=O) groups excluding carboxylic acids is 4. The minimum absolute atomic E-state index is 0.0395. The second-order valence-electron chi connectivity index (χ2n) is 20.1. The van der Waals surface area contributed by atoms with Crippen LogP contribution in [0.3, 0.4) is 0 Å². The van der Waals surface area contributed by atoms with Crippen molar-refractivity contribution in [2.24, 2.45) is 27.4 Å². The third-order valence-corrected chi connectivity index (χ3v) is 15.4. The lowest BCUT2D eigenvalue weighted by molar-refractivity contribution is -0.215. The van der Waals surface area contributed by atoms with Gasteiger partial charge in [0.1, 0.15) is 18.1 Å². The van der Waals surface area contributed by atoms with Crippen LogP contribution in [-0.4, -0.2) is 143 Å². The molecule has 3 saturated carbocycles. The number of fused-ring (bicyclic) bond motifs is 5. The fraction of sp³-hybridized carbons (Fsp3) is 0.411. The van der Waals surface area contributed by atoms with Crippen LogP contribution in [0.2, 0.25) is 0 Å². The Morgan fingerprint density at radius 1 is 0.867 bits per heavy atom. The van der Waals surface area contributed by atoms with Crippen molar-refractivity contribution < 1.29 is 52.3 Å². The predicted octanol–water partition coefficient (Wildman–Crippen LogP) is 6.38. The Labute approximate surface area is 440 Å². The van der Waals surface area contributed by atoms with Gasteiger partial charge in [0.05, 0.1) is 102 Å². The highest BCUT2D eigenvalue weighted by Gasteiger charge is 2.72. The number of benzene rings is 4. The minimum atomic E-state index is -0.483. The molecule has 394 valence electrons. The average molecular weight is 1040 g/mol. The molecule has 4 amide bonds. The van der Waals surface area contributed by atoms with Crippen LogP contribution in [0.15, 0.2) is 95.9 Å². The van der Waals surface area contributed by atoms with E-state index in [0.29, 0.717) is 126 Å². The zero-order valence-corrected chi connectivity index (χ0v) is 43.1. The summed E-state index contributed by atoms with van der Waals surface area (Å²) in [7, 11) is 3.20. The van der Waals surface area contributed by atoms with E-state index >= 15 is 0 Å². The van der Waals surface area contributed by atoms with E-state index in [1.54, 1.807) is 31.3 Å². The van der Waals surface area contributed by atoms with Gasteiger partial charge in [0, 0.05) is 84.2 Å². The summed E-state index contributed by atoms with van der Waals surface area (Å²) in [6.07, 6.45) is 10.4. The Kier molecular flexibility index (Phi) is 14.9. The van der Waals surface area contributed by atoms with E-state index in [2.05, 4.69) is 19.1 Å². The van der Waals surface area contributed by atoms with Gasteiger partial charge in [-0.05, 0) is 72.0 Å². The van der Waals surface area contributed by atoms with E-state index in [1.165, 1.54) is 23.4 Å². The van der Waals surface area contributed by atoms with Crippen LogP contribution in [0, 0.1) is 17.8 Å². The molecule has 4 heterocycles. The minimum Gasteiger partial charge on any atom is -0.497 e. The molecule has 4 aliphatic heterocycles. The van der Waals surface area contributed by atoms with Crippen molar-refractivity contribution in [3.05, 3.63) is 113 Å². The number of hydrogen-bond acceptors (Lipinski definition) is 15. The lowest BCUT2D eigenvalue weighted by Crippen LogP contribution is -2.70. The highest BCUT2D eigenvalue weighted by atomic mass is 35.5. The van der Waals surface area contributed by atoms with Gasteiger partial charge in [-0.2, -0.15) is 0 Å². The smallest absolute Gasteiger partial charge is 0.260 e. The number of hydrazine groups is 1. The van der Waals surface area contributed by atoms with Crippen molar-refractivity contribution in [2.75, 3.05) is 97.5 Å². The number of alkyl halides is 1. The maximum absolute atomic E-state index is 14.7. The van der Waals surface area contributed by atoms with E-state index in [1.807, 2.05) is 53.7 Å². The first kappa shape index (κ1) is 51.5. The molecule has 4 aromatic rings. The number of rotatable bonds is 24. The van der Waals surface area contributed by atoms with E-state index in [-0.39, 0.29) is 41.4 Å². The van der Waals surface area contributed by atoms with Gasteiger partial charge in [-0.25, -0.2) is 5.84 Å². The first-order valence-electron chi connectivity index (χ1n) is 25.2. The number of nitrogens with zero attached hydrogens (tertiary/aromatic N) is 5. The fourth-order valence-corrected chi connectivity index (χ4v) is 11.7. The number of amides is 4. The number of nitrogens with two attached hydrogens (primary N) is 2. The summed E-state index contributed by atoms with van der Waals surface area (Å²) in [5.74, 6) is 7.83. The Morgan fingerprint density at radius 2 is 1.57 bits per heavy atom. The molecule has 75 heavy (non-hydrogen) atoms. The summed E-state index contributed by atoms with van der Waals surface area (Å²) in [6, 6.07) is 19.3. The van der Waals surface area contributed by atoms with Gasteiger partial charge in [-0.3, -0.25) is 29.1 Å². The van der Waals surface area contributed by atoms with Crippen LogP contribution < -0.4 is 35.4 Å². The first-order valence-corrected chi connectivity index (χ1v) is 25.7. The molecule has 3 fully saturated rings. The molecule has 7 aliphatic rings. The summed E-state index contributed by atoms with van der Waals surface area (Å²) in [4.78, 5) is 61.7. The van der Waals surface area contributed by atoms with Crippen LogP contribution in [0.25, 0.3) is 16.3 Å². The number of ether oxygens (including phenoxy) is 7. The number of aliphatic imine (C=N–C) groups is 1. The van der Waals surface area contributed by atoms with Crippen molar-refractivity contribution in [3.8, 4) is 23.0 Å². The number of carbonyl (C=O) groups is 4. The highest BCUT2D eigenvalue weighted by molar-refractivity contribution is 6.19. The third-order valence-electron chi connectivity index (χ3n) is 15.0. The summed E-state index contributed by atoms with van der Waals surface area (Å²) >= 11 is 6.68. The quantitative estimate of drug-likeness (QED) is 0.0257. The molecule has 4 N–H and O–H groups in total. The maximum Gasteiger partial charge on any atom is 0.260 e. The summed E-state index contributed by atoms with van der Waals surface area (Å²) in [5.41, 5.74) is 11.6. The number of halogens is 1. The molecule has 0 spiro atoms. The predicted molar refractivity (Wildman–Crippen MR) is 282 cm³/mol. The van der Waals surface area contributed by atoms with Gasteiger partial charge in [0.25, 0.3) is 17.7 Å². The van der Waals surface area contributed by atoms with Crippen LogP contribution in [0.1, 0.15) is 58.6 Å². The number of hydrogen-bond donors (Lipinski definition) is 2. The zero-order chi connectivity index (χ0) is 52.4. The van der Waals surface area contributed by atoms with E-state index in [9.17, 15) is 19.2 Å². The first-order chi connectivity index (χ1) is 36.3. The molecule has 18 nitrogen and oxygen atoms in total. The molecule has 0 saturated heterocycles. The molecule has 19 heteroatoms. The topological polar surface area (TPSA) is 210 Å². The van der Waals surface area contributed by atoms with Gasteiger partial charge in [0.15, 0.2) is 11.5 Å². The summed E-state index contributed by atoms with van der Waals surface area (Å²) < 4.78 is 41.1. The van der Waals surface area contributed by atoms with Crippen molar-refractivity contribution in [2.45, 2.75) is 44.6 Å². The zero-order valence-electron chi connectivity index (χ0n) is 42.4. The summed E-state index contributed by atoms with van der Waals surface area (Å²) in [6.45, 7) is 5.66. The molecule has 11 rings (SSSR count). The summed E-state index contributed by atoms with van der Waals surface area (Å²) in [5, 5.41) is 3.37. The molecule has 0 unspecified atom stereocenters. The normalized spacial score (nSPS) is 22.1. The van der Waals surface area contributed by atoms with Gasteiger partial charge in [-0.15, -0.1) is 11.6 Å². The lowest BCUT2D eigenvalue weighted by atomic mass is 9.35. The Hall–Kier alpha value is -6.96. The van der Waals surface area contributed by atoms with Gasteiger partial charge >= 0.3 is 0 Å². The Morgan fingerprint density at radius 3 is 2.27 bits per heavy atom. The molecule has 0 radical (unpaired) electrons. The van der Waals surface area contributed by atoms with Crippen molar-refractivity contribution >= 4 is 69.2 Å². The van der Waals surface area contributed by atoms with Crippen LogP contribution in [0.5, 0.6) is 23.0 Å². The number of anilines is 1. The average Bonchev–Trinajstić information content (AvgIpc) is 4.12. The van der Waals surface area contributed by atoms with Crippen molar-refractivity contribution in [1.29, 1.82) is 0 Å². The molecular formula is C56H62ClN7O11. The van der Waals surface area contributed by atoms with Crippen molar-refractivity contribution in [3.63, 3.8) is 0 Å². The highest BCUT2D eigenvalue weighted by Crippen LogP contribution is 2.74. The lowest BCUT2D eigenvalue weighted by Gasteiger charge is -2.69. The van der Waals surface area contributed by atoms with Gasteiger partial charge in [-0.1, -0.05) is 30.3 Å². The van der Waals surface area contributed by atoms with Crippen LogP contribution in [-0.2, 0) is 28.6 Å². The molecule has 4 aromatic carbocycles. The van der Waals surface area contributed by atoms with Gasteiger partial charge < -0.3 is 53.7 Å². The van der Waals surface area contributed by atoms with Crippen molar-refractivity contribution in [1.82, 2.24) is 14.8 Å². The number of methoxy groups -OCH3 is 2. The SMILES string of the molecule is COc1ccc(C2=CN3C(=O)c4cc(OC)c(OCC56CC(C(=O)N7C[C@@H](CCl)c8c7cc(OCCOCCOCCOCCN(N)/C=C(\N)CN7C(=O)C=CC7=O)c7cccc(C)c87)(C5)C6)cc4N=C[C@@H]3C2)cc1. The third kappa shape index (κ3) is 10.3. The van der Waals surface area contributed by atoms with Gasteiger partial charge in [0.2, 0.25) is 5.91 Å². The molecule has 2 atom stereocenters. The fourth-order valence-electron chi connectivity index (χ4n) is 11.4. The molecule has 0 aromatic heterocycles. The second kappa shape index (κ2) is 21.7. The largest absolute Gasteiger partial charge is 0.497 e. The molecular weight excluding hydrogens is 982 g/mol. The van der Waals surface area contributed by atoms with Crippen LogP contribution >= 0.6 is 11.6 Å². The van der Waals surface area contributed by atoms with Crippen LogP contribution in [0.4, 0.5) is 11.4 Å². The maximum atomic E-state index is 14.7. The Balaban J connectivity index is 0.698. The second-order valence-corrected chi connectivity index (χ2v) is 20.4. The van der Waals surface area contributed by atoms with E-state index in [0.717, 1.165) is 49.4 Å².